The maximum atomic E-state index is 13.1. The maximum absolute atomic E-state index is 13.1. The lowest BCUT2D eigenvalue weighted by atomic mass is 10.1. The minimum absolute atomic E-state index is 0.00211. The summed E-state index contributed by atoms with van der Waals surface area (Å²) < 4.78 is 50.8. The van der Waals surface area contributed by atoms with E-state index in [0.717, 1.165) is 6.07 Å². The van der Waals surface area contributed by atoms with Crippen molar-refractivity contribution >= 4 is 23.3 Å². The van der Waals surface area contributed by atoms with Crippen molar-refractivity contribution in [3.8, 4) is 0 Å². The second-order valence-electron chi connectivity index (χ2n) is 3.89. The van der Waals surface area contributed by atoms with Gasteiger partial charge in [0.2, 0.25) is 0 Å². The van der Waals surface area contributed by atoms with E-state index in [0.29, 0.717) is 12.1 Å². The molecule has 0 aliphatic carbocycles. The number of amides is 1. The first-order valence-corrected chi connectivity index (χ1v) is 5.82. The van der Waals surface area contributed by atoms with Crippen LogP contribution in [0.3, 0.4) is 0 Å². The van der Waals surface area contributed by atoms with Crippen LogP contribution in [0.2, 0.25) is 5.15 Å². The van der Waals surface area contributed by atoms with Gasteiger partial charge in [0.15, 0.2) is 11.0 Å². The van der Waals surface area contributed by atoms with Gasteiger partial charge < -0.3 is 5.32 Å². The molecule has 1 N–H and O–H groups in total. The van der Waals surface area contributed by atoms with E-state index in [1.807, 2.05) is 0 Å². The second-order valence-corrected chi connectivity index (χ2v) is 4.28. The molecule has 0 bridgehead atoms. The SMILES string of the molecule is O=C(Nc1ccc(Cl)nn1)c1ccc(F)c(C(F)(F)F)c1. The Labute approximate surface area is 120 Å². The van der Waals surface area contributed by atoms with Crippen LogP contribution >= 0.6 is 11.6 Å². The molecule has 21 heavy (non-hydrogen) atoms. The molecular weight excluding hydrogens is 314 g/mol. The van der Waals surface area contributed by atoms with Gasteiger partial charge in [0.1, 0.15) is 5.82 Å². The zero-order valence-electron chi connectivity index (χ0n) is 10.1. The summed E-state index contributed by atoms with van der Waals surface area (Å²) in [6.45, 7) is 0. The number of carbonyl (C=O) groups is 1. The van der Waals surface area contributed by atoms with Crippen LogP contribution in [0.1, 0.15) is 15.9 Å². The molecule has 9 heteroatoms. The molecule has 1 amide bonds. The van der Waals surface area contributed by atoms with Crippen molar-refractivity contribution in [1.29, 1.82) is 0 Å². The van der Waals surface area contributed by atoms with Crippen molar-refractivity contribution < 1.29 is 22.4 Å². The maximum Gasteiger partial charge on any atom is 0.419 e. The molecule has 0 spiro atoms. The third-order valence-electron chi connectivity index (χ3n) is 2.41. The van der Waals surface area contributed by atoms with Gasteiger partial charge >= 0.3 is 6.18 Å². The van der Waals surface area contributed by atoms with Crippen molar-refractivity contribution in [3.05, 3.63) is 52.4 Å². The summed E-state index contributed by atoms with van der Waals surface area (Å²) in [4.78, 5) is 11.8. The Kier molecular flexibility index (Phi) is 4.08. The van der Waals surface area contributed by atoms with Crippen LogP contribution < -0.4 is 5.32 Å². The molecule has 0 unspecified atom stereocenters. The van der Waals surface area contributed by atoms with Gasteiger partial charge in [-0.1, -0.05) is 11.6 Å². The Bertz CT molecular complexity index is 673. The summed E-state index contributed by atoms with van der Waals surface area (Å²) in [6.07, 6.45) is -4.89. The van der Waals surface area contributed by atoms with Gasteiger partial charge in [0.05, 0.1) is 5.56 Å². The summed E-state index contributed by atoms with van der Waals surface area (Å²) in [6, 6.07) is 4.60. The molecule has 0 saturated heterocycles. The van der Waals surface area contributed by atoms with Gasteiger partial charge in [-0.15, -0.1) is 10.2 Å². The fourth-order valence-corrected chi connectivity index (χ4v) is 1.56. The Morgan fingerprint density at radius 1 is 1.14 bits per heavy atom. The van der Waals surface area contributed by atoms with Crippen molar-refractivity contribution in [2.45, 2.75) is 6.18 Å². The van der Waals surface area contributed by atoms with E-state index in [2.05, 4.69) is 15.5 Å². The van der Waals surface area contributed by atoms with E-state index in [9.17, 15) is 22.4 Å². The largest absolute Gasteiger partial charge is 0.419 e. The van der Waals surface area contributed by atoms with Crippen molar-refractivity contribution in [2.24, 2.45) is 0 Å². The predicted molar refractivity (Wildman–Crippen MR) is 66.4 cm³/mol. The van der Waals surface area contributed by atoms with E-state index in [-0.39, 0.29) is 16.5 Å². The van der Waals surface area contributed by atoms with Crippen molar-refractivity contribution in [2.75, 3.05) is 5.32 Å². The highest BCUT2D eigenvalue weighted by atomic mass is 35.5. The Morgan fingerprint density at radius 2 is 1.86 bits per heavy atom. The first-order valence-electron chi connectivity index (χ1n) is 5.44. The number of hydrogen-bond donors (Lipinski definition) is 1. The molecule has 1 aromatic heterocycles. The molecule has 0 radical (unpaired) electrons. The fraction of sp³-hybridized carbons (Fsp3) is 0.0833. The number of hydrogen-bond acceptors (Lipinski definition) is 3. The van der Waals surface area contributed by atoms with Gasteiger partial charge in [0.25, 0.3) is 5.91 Å². The zero-order valence-corrected chi connectivity index (χ0v) is 10.8. The van der Waals surface area contributed by atoms with E-state index in [1.54, 1.807) is 0 Å². The number of nitrogens with one attached hydrogen (secondary N) is 1. The van der Waals surface area contributed by atoms with Crippen LogP contribution in [0.15, 0.2) is 30.3 Å². The molecule has 0 saturated carbocycles. The number of nitrogens with zero attached hydrogens (tertiary/aromatic N) is 2. The molecule has 2 aromatic rings. The number of alkyl halides is 3. The Morgan fingerprint density at radius 3 is 2.43 bits per heavy atom. The molecule has 0 atom stereocenters. The van der Waals surface area contributed by atoms with Gasteiger partial charge in [-0.3, -0.25) is 4.79 Å². The van der Waals surface area contributed by atoms with E-state index in [4.69, 9.17) is 11.6 Å². The number of aromatic nitrogens is 2. The van der Waals surface area contributed by atoms with Crippen LogP contribution in [0.4, 0.5) is 23.4 Å². The molecular formula is C12H6ClF4N3O. The summed E-state index contributed by atoms with van der Waals surface area (Å²) >= 11 is 5.50. The lowest BCUT2D eigenvalue weighted by Crippen LogP contribution is -2.16. The molecule has 1 aromatic carbocycles. The molecule has 0 fully saturated rings. The minimum Gasteiger partial charge on any atom is -0.305 e. The molecule has 0 aliphatic heterocycles. The number of anilines is 1. The number of halogens is 5. The van der Waals surface area contributed by atoms with Crippen LogP contribution in [0.25, 0.3) is 0 Å². The molecule has 4 nitrogen and oxygen atoms in total. The standard InChI is InChI=1S/C12H6ClF4N3O/c13-9-3-4-10(20-19-9)18-11(21)6-1-2-8(14)7(5-6)12(15,16)17/h1-5H,(H,18,20,21). The van der Waals surface area contributed by atoms with E-state index in [1.165, 1.54) is 12.1 Å². The first kappa shape index (κ1) is 15.2. The molecule has 2 rings (SSSR count). The number of rotatable bonds is 2. The Hall–Kier alpha value is -2.22. The smallest absolute Gasteiger partial charge is 0.305 e. The average molecular weight is 320 g/mol. The van der Waals surface area contributed by atoms with Crippen LogP contribution in [0.5, 0.6) is 0 Å². The van der Waals surface area contributed by atoms with Crippen molar-refractivity contribution in [3.63, 3.8) is 0 Å². The van der Waals surface area contributed by atoms with Gasteiger partial charge in [0, 0.05) is 5.56 Å². The summed E-state index contributed by atoms with van der Waals surface area (Å²) in [7, 11) is 0. The average Bonchev–Trinajstić information content (AvgIpc) is 2.40. The molecule has 0 aliphatic rings. The van der Waals surface area contributed by atoms with Crippen molar-refractivity contribution in [1.82, 2.24) is 10.2 Å². The lowest BCUT2D eigenvalue weighted by Gasteiger charge is -2.10. The monoisotopic (exact) mass is 319 g/mol. The highest BCUT2D eigenvalue weighted by Gasteiger charge is 2.34. The van der Waals surface area contributed by atoms with Gasteiger partial charge in [-0.05, 0) is 30.3 Å². The highest BCUT2D eigenvalue weighted by molar-refractivity contribution is 6.29. The summed E-state index contributed by atoms with van der Waals surface area (Å²) in [5.41, 5.74) is -1.88. The van der Waals surface area contributed by atoms with Gasteiger partial charge in [-0.2, -0.15) is 13.2 Å². The van der Waals surface area contributed by atoms with Crippen LogP contribution in [0, 0.1) is 5.82 Å². The topological polar surface area (TPSA) is 54.9 Å². The van der Waals surface area contributed by atoms with E-state index < -0.39 is 23.5 Å². The van der Waals surface area contributed by atoms with Crippen LogP contribution in [-0.2, 0) is 6.18 Å². The highest BCUT2D eigenvalue weighted by Crippen LogP contribution is 2.32. The quantitative estimate of drug-likeness (QED) is 0.861. The van der Waals surface area contributed by atoms with E-state index >= 15 is 0 Å². The summed E-state index contributed by atoms with van der Waals surface area (Å²) in [5.74, 6) is -2.33. The third kappa shape index (κ3) is 3.66. The summed E-state index contributed by atoms with van der Waals surface area (Å²) in [5, 5.41) is 9.29. The third-order valence-corrected chi connectivity index (χ3v) is 2.61. The van der Waals surface area contributed by atoms with Gasteiger partial charge in [-0.25, -0.2) is 4.39 Å². The van der Waals surface area contributed by atoms with Crippen LogP contribution in [-0.4, -0.2) is 16.1 Å². The number of carbonyl (C=O) groups excluding carboxylic acids is 1. The fourth-order valence-electron chi connectivity index (χ4n) is 1.45. The Balaban J connectivity index is 2.25. The minimum atomic E-state index is -4.89. The normalized spacial score (nSPS) is 11.3. The lowest BCUT2D eigenvalue weighted by molar-refractivity contribution is -0.140. The molecule has 1 heterocycles. The second kappa shape index (κ2) is 5.65. The zero-order chi connectivity index (χ0) is 15.6. The number of benzene rings is 1. The molecule has 110 valence electrons. The first-order chi connectivity index (χ1) is 9.77. The predicted octanol–water partition coefficient (Wildman–Crippen LogP) is 3.54.